The molecular weight excluding hydrogens is 388 g/mol. The van der Waals surface area contributed by atoms with Crippen molar-refractivity contribution in [3.8, 4) is 0 Å². The second-order valence-electron chi connectivity index (χ2n) is 8.69. The minimum atomic E-state index is -0.179. The van der Waals surface area contributed by atoms with Crippen LogP contribution in [0.15, 0.2) is 42.5 Å². The number of aryl methyl sites for hydroxylation is 2. The van der Waals surface area contributed by atoms with Crippen LogP contribution >= 0.6 is 0 Å². The molecule has 2 aromatic rings. The lowest BCUT2D eigenvalue weighted by Gasteiger charge is -2.37. The molecule has 0 aromatic heterocycles. The second kappa shape index (κ2) is 9.96. The number of hydrogen-bond acceptors (Lipinski definition) is 3. The first kappa shape index (κ1) is 22.8. The van der Waals surface area contributed by atoms with E-state index in [-0.39, 0.29) is 24.4 Å². The van der Waals surface area contributed by atoms with Gasteiger partial charge in [-0.25, -0.2) is 0 Å². The van der Waals surface area contributed by atoms with Crippen LogP contribution in [0.1, 0.15) is 23.6 Å². The Morgan fingerprint density at radius 3 is 2.35 bits per heavy atom. The van der Waals surface area contributed by atoms with Gasteiger partial charge >= 0.3 is 0 Å². The van der Waals surface area contributed by atoms with Gasteiger partial charge in [-0.2, -0.15) is 0 Å². The maximum atomic E-state index is 12.9. The van der Waals surface area contributed by atoms with Crippen LogP contribution in [-0.2, 0) is 9.59 Å². The van der Waals surface area contributed by atoms with Gasteiger partial charge in [0.15, 0.2) is 6.04 Å². The van der Waals surface area contributed by atoms with Gasteiger partial charge in [0, 0.05) is 18.4 Å². The molecule has 1 saturated heterocycles. The van der Waals surface area contributed by atoms with E-state index in [0.717, 1.165) is 37.4 Å². The Morgan fingerprint density at radius 2 is 1.71 bits per heavy atom. The number of rotatable bonds is 6. The summed E-state index contributed by atoms with van der Waals surface area (Å²) in [5.41, 5.74) is 5.82. The molecule has 2 N–H and O–H groups in total. The van der Waals surface area contributed by atoms with E-state index in [1.54, 1.807) is 7.05 Å². The molecule has 6 heteroatoms. The van der Waals surface area contributed by atoms with E-state index in [9.17, 15) is 9.59 Å². The number of piperazine rings is 1. The lowest BCUT2D eigenvalue weighted by molar-refractivity contribution is -0.915. The smallest absolute Gasteiger partial charge is 0.280 e. The summed E-state index contributed by atoms with van der Waals surface area (Å²) in [6.45, 7) is 12.0. The van der Waals surface area contributed by atoms with E-state index < -0.39 is 0 Å². The highest BCUT2D eigenvalue weighted by molar-refractivity contribution is 5.94. The zero-order valence-corrected chi connectivity index (χ0v) is 19.4. The van der Waals surface area contributed by atoms with E-state index in [0.29, 0.717) is 0 Å². The average molecular weight is 424 g/mol. The Kier molecular flexibility index (Phi) is 7.33. The van der Waals surface area contributed by atoms with Crippen molar-refractivity contribution in [1.82, 2.24) is 4.90 Å². The molecule has 6 nitrogen and oxygen atoms in total. The first-order valence-electron chi connectivity index (χ1n) is 11.0. The highest BCUT2D eigenvalue weighted by Gasteiger charge is 2.32. The SMILES string of the molecule is Cc1ccc(NC(=O)CN(C)C(=O)[C@@H](C)[NH+]2CCN(c3cccc(C)c3C)CC2)cc1. The van der Waals surface area contributed by atoms with Crippen LogP contribution in [-0.4, -0.2) is 62.5 Å². The molecule has 2 aromatic carbocycles. The van der Waals surface area contributed by atoms with Crippen LogP contribution in [0.3, 0.4) is 0 Å². The molecule has 166 valence electrons. The van der Waals surface area contributed by atoms with E-state index in [1.807, 2.05) is 38.1 Å². The fourth-order valence-corrected chi connectivity index (χ4v) is 4.18. The third-order valence-electron chi connectivity index (χ3n) is 6.40. The number of anilines is 2. The molecule has 1 aliphatic rings. The maximum Gasteiger partial charge on any atom is 0.280 e. The number of nitrogens with one attached hydrogen (secondary N) is 2. The van der Waals surface area contributed by atoms with Crippen LogP contribution in [0.5, 0.6) is 0 Å². The summed E-state index contributed by atoms with van der Waals surface area (Å²) in [4.78, 5) is 30.5. The van der Waals surface area contributed by atoms with Crippen molar-refractivity contribution in [3.05, 3.63) is 59.2 Å². The Balaban J connectivity index is 1.51. The number of hydrogen-bond donors (Lipinski definition) is 2. The van der Waals surface area contributed by atoms with Crippen LogP contribution in [0.25, 0.3) is 0 Å². The topological polar surface area (TPSA) is 57.1 Å². The summed E-state index contributed by atoms with van der Waals surface area (Å²) in [5.74, 6) is -0.170. The number of carbonyl (C=O) groups is 2. The number of amides is 2. The Hall–Kier alpha value is -2.86. The van der Waals surface area contributed by atoms with Gasteiger partial charge in [-0.1, -0.05) is 29.8 Å². The van der Waals surface area contributed by atoms with Gasteiger partial charge in [-0.05, 0) is 57.0 Å². The molecule has 0 bridgehead atoms. The summed E-state index contributed by atoms with van der Waals surface area (Å²) in [7, 11) is 1.71. The molecule has 0 spiro atoms. The lowest BCUT2D eigenvalue weighted by Crippen LogP contribution is -3.19. The van der Waals surface area contributed by atoms with Gasteiger partial charge in [0.25, 0.3) is 5.91 Å². The van der Waals surface area contributed by atoms with E-state index >= 15 is 0 Å². The molecule has 1 heterocycles. The number of quaternary nitrogens is 1. The van der Waals surface area contributed by atoms with Crippen molar-refractivity contribution in [3.63, 3.8) is 0 Å². The van der Waals surface area contributed by atoms with E-state index in [2.05, 4.69) is 42.3 Å². The number of carbonyl (C=O) groups excluding carboxylic acids is 2. The number of nitrogens with zero attached hydrogens (tertiary/aromatic N) is 2. The van der Waals surface area contributed by atoms with E-state index in [1.165, 1.54) is 26.6 Å². The largest absolute Gasteiger partial charge is 0.360 e. The van der Waals surface area contributed by atoms with Gasteiger partial charge in [0.1, 0.15) is 0 Å². The molecule has 1 fully saturated rings. The van der Waals surface area contributed by atoms with Gasteiger partial charge in [-0.3, -0.25) is 9.59 Å². The third kappa shape index (κ3) is 5.64. The lowest BCUT2D eigenvalue weighted by atomic mass is 10.1. The number of likely N-dealkylation sites (N-methyl/N-ethyl adjacent to an activating group) is 1. The van der Waals surface area contributed by atoms with Crippen LogP contribution in [0, 0.1) is 20.8 Å². The molecule has 3 rings (SSSR count). The second-order valence-corrected chi connectivity index (χ2v) is 8.69. The highest BCUT2D eigenvalue weighted by atomic mass is 16.2. The fourth-order valence-electron chi connectivity index (χ4n) is 4.18. The van der Waals surface area contributed by atoms with Crippen molar-refractivity contribution < 1.29 is 14.5 Å². The quantitative estimate of drug-likeness (QED) is 0.745. The monoisotopic (exact) mass is 423 g/mol. The fraction of sp³-hybridized carbons (Fsp3) is 0.440. The molecule has 1 atom stereocenters. The summed E-state index contributed by atoms with van der Waals surface area (Å²) in [5, 5.41) is 2.86. The first-order chi connectivity index (χ1) is 14.8. The zero-order valence-electron chi connectivity index (χ0n) is 19.4. The molecule has 0 unspecified atom stereocenters. The van der Waals surface area contributed by atoms with Crippen molar-refractivity contribution in [2.75, 3.05) is 50.0 Å². The predicted molar refractivity (Wildman–Crippen MR) is 126 cm³/mol. The standard InChI is InChI=1S/C25H34N4O2/c1-18-9-11-22(12-10-18)26-24(30)17-27(5)25(31)21(4)28-13-15-29(16-14-28)23-8-6-7-19(2)20(23)3/h6-12,21H,13-17H2,1-5H3,(H,26,30)/p+1/t21-/m1/s1. The third-order valence-corrected chi connectivity index (χ3v) is 6.40. The molecule has 1 aliphatic heterocycles. The summed E-state index contributed by atoms with van der Waals surface area (Å²) in [6, 6.07) is 13.9. The first-order valence-corrected chi connectivity index (χ1v) is 11.0. The molecule has 0 aliphatic carbocycles. The predicted octanol–water partition coefficient (Wildman–Crippen LogP) is 1.80. The summed E-state index contributed by atoms with van der Waals surface area (Å²) < 4.78 is 0. The van der Waals surface area contributed by atoms with Gasteiger partial charge in [-0.15, -0.1) is 0 Å². The maximum absolute atomic E-state index is 12.9. The summed E-state index contributed by atoms with van der Waals surface area (Å²) >= 11 is 0. The van der Waals surface area contributed by atoms with Crippen molar-refractivity contribution in [1.29, 1.82) is 0 Å². The van der Waals surface area contributed by atoms with Crippen molar-refractivity contribution in [2.24, 2.45) is 0 Å². The van der Waals surface area contributed by atoms with Crippen molar-refractivity contribution in [2.45, 2.75) is 33.7 Å². The Morgan fingerprint density at radius 1 is 1.06 bits per heavy atom. The minimum absolute atomic E-state index is 0.00856. The zero-order chi connectivity index (χ0) is 22.5. The van der Waals surface area contributed by atoms with Gasteiger partial charge in [0.2, 0.25) is 5.91 Å². The van der Waals surface area contributed by atoms with Crippen LogP contribution in [0.2, 0.25) is 0 Å². The molecule has 0 saturated carbocycles. The number of benzene rings is 2. The Bertz CT molecular complexity index is 918. The molecular formula is C25H35N4O2+. The van der Waals surface area contributed by atoms with Crippen molar-refractivity contribution >= 4 is 23.2 Å². The van der Waals surface area contributed by atoms with Gasteiger partial charge < -0.3 is 20.0 Å². The Labute approximate surface area is 185 Å². The normalized spacial score (nSPS) is 15.5. The average Bonchev–Trinajstić information content (AvgIpc) is 2.76. The summed E-state index contributed by atoms with van der Waals surface area (Å²) in [6.07, 6.45) is 0. The molecule has 0 radical (unpaired) electrons. The molecule has 31 heavy (non-hydrogen) atoms. The minimum Gasteiger partial charge on any atom is -0.360 e. The van der Waals surface area contributed by atoms with Crippen LogP contribution < -0.4 is 15.1 Å². The van der Waals surface area contributed by atoms with Gasteiger partial charge in [0.05, 0.1) is 32.7 Å². The highest BCUT2D eigenvalue weighted by Crippen LogP contribution is 2.22. The van der Waals surface area contributed by atoms with E-state index in [4.69, 9.17) is 0 Å². The molecule has 2 amide bonds. The van der Waals surface area contributed by atoms with Crippen LogP contribution in [0.4, 0.5) is 11.4 Å².